The van der Waals surface area contributed by atoms with Crippen molar-refractivity contribution >= 4 is 88.0 Å². The molecule has 0 radical (unpaired) electrons. The Morgan fingerprint density at radius 2 is 0.719 bits per heavy atom. The lowest BCUT2D eigenvalue weighted by molar-refractivity contribution is 0.875. The van der Waals surface area contributed by atoms with Crippen LogP contribution in [-0.4, -0.2) is 0 Å². The Bertz CT molecular complexity index is 3460. The Kier molecular flexibility index (Phi) is 10.1. The van der Waals surface area contributed by atoms with Gasteiger partial charge in [0.25, 0.3) is 0 Å². The molecule has 0 N–H and O–H groups in total. The predicted octanol–water partition coefficient (Wildman–Crippen LogP) is 18.5. The Labute approximate surface area is 380 Å². The number of benzene rings is 10. The number of nitrogens with zero attached hydrogens (tertiary/aromatic N) is 2. The van der Waals surface area contributed by atoms with E-state index in [0.29, 0.717) is 0 Å². The molecule has 0 bridgehead atoms. The summed E-state index contributed by atoms with van der Waals surface area (Å²) < 4.78 is 0. The molecular weight excluding hydrogens is 773 g/mol. The molecule has 0 aromatic heterocycles. The molecule has 0 aliphatic heterocycles. The summed E-state index contributed by atoms with van der Waals surface area (Å²) in [7, 11) is 0. The molecule has 0 fully saturated rings. The number of hydrogen-bond acceptors (Lipinski definition) is 2. The van der Waals surface area contributed by atoms with Crippen molar-refractivity contribution < 1.29 is 0 Å². The van der Waals surface area contributed by atoms with Crippen molar-refractivity contribution in [1.29, 1.82) is 0 Å². The SMILES string of the molecule is Cc1ccc(N(c2c(C)ccc3ccc(C)cc23)c2cc(C(C)C)c3ccc4c(N(c5c(C)cccc5C)c5c(C)ccc6ccc(C)cc56)cc(C(C)C)c5ccc2c3c54)c(C)c1. The highest BCUT2D eigenvalue weighted by Gasteiger charge is 2.29. The lowest BCUT2D eigenvalue weighted by Gasteiger charge is -2.34. The van der Waals surface area contributed by atoms with E-state index in [2.05, 4.69) is 226 Å². The van der Waals surface area contributed by atoms with Gasteiger partial charge in [0, 0.05) is 27.2 Å². The monoisotopic (exact) mass is 832 g/mol. The molecule has 0 atom stereocenters. The smallest absolute Gasteiger partial charge is 0.0569 e. The molecule has 0 aliphatic carbocycles. The van der Waals surface area contributed by atoms with Crippen molar-refractivity contribution in [3.63, 3.8) is 0 Å². The van der Waals surface area contributed by atoms with Crippen LogP contribution in [0.4, 0.5) is 34.1 Å². The van der Waals surface area contributed by atoms with Crippen LogP contribution in [-0.2, 0) is 0 Å². The van der Waals surface area contributed by atoms with Crippen LogP contribution in [0.25, 0.3) is 53.9 Å². The van der Waals surface area contributed by atoms with Gasteiger partial charge in [0.2, 0.25) is 0 Å². The molecule has 2 nitrogen and oxygen atoms in total. The molecule has 0 saturated carbocycles. The number of hydrogen-bond donors (Lipinski definition) is 0. The number of para-hydroxylation sites is 1. The van der Waals surface area contributed by atoms with Crippen LogP contribution < -0.4 is 9.80 Å². The van der Waals surface area contributed by atoms with E-state index in [9.17, 15) is 0 Å². The molecule has 0 unspecified atom stereocenters. The lowest BCUT2D eigenvalue weighted by Crippen LogP contribution is -2.16. The summed E-state index contributed by atoms with van der Waals surface area (Å²) >= 11 is 0. The number of rotatable bonds is 8. The Morgan fingerprint density at radius 1 is 0.312 bits per heavy atom. The lowest BCUT2D eigenvalue weighted by atomic mass is 9.83. The standard InChI is InChI=1S/C62H60N2/c1-35(2)51-33-56(63(55-29-18-37(5)30-44(55)12)61-42(10)19-23-45-21-16-38(6)31-53(45)61)49-27-25-48-52(36(3)4)34-57(50-28-26-47(51)58(49)59(48)50)64(60-40(8)14-13-15-41(60)9)62-43(11)20-24-46-22-17-39(7)32-54(46)62/h13-36H,1-12H3. The Balaban J connectivity index is 1.40. The van der Waals surface area contributed by atoms with E-state index in [0.717, 1.165) is 0 Å². The summed E-state index contributed by atoms with van der Waals surface area (Å²) in [6.45, 7) is 27.5. The molecule has 10 rings (SSSR count). The Hall–Kier alpha value is -6.64. The largest absolute Gasteiger partial charge is 0.309 e. The quantitative estimate of drug-likeness (QED) is 0.141. The molecule has 0 amide bonds. The zero-order chi connectivity index (χ0) is 44.9. The first-order chi connectivity index (χ1) is 30.7. The second kappa shape index (κ2) is 15.6. The number of anilines is 6. The second-order valence-corrected chi connectivity index (χ2v) is 19.5. The first kappa shape index (κ1) is 41.4. The minimum atomic E-state index is 0.288. The van der Waals surface area contributed by atoms with E-state index in [4.69, 9.17) is 0 Å². The molecule has 64 heavy (non-hydrogen) atoms. The van der Waals surface area contributed by atoms with Gasteiger partial charge in [-0.05, 0) is 169 Å². The van der Waals surface area contributed by atoms with Crippen molar-refractivity contribution in [2.24, 2.45) is 0 Å². The zero-order valence-corrected chi connectivity index (χ0v) is 39.8. The van der Waals surface area contributed by atoms with Crippen molar-refractivity contribution in [3.8, 4) is 0 Å². The van der Waals surface area contributed by atoms with Crippen LogP contribution >= 0.6 is 0 Å². The number of fused-ring (bicyclic) bond motifs is 2. The van der Waals surface area contributed by atoms with Gasteiger partial charge in [0.1, 0.15) is 0 Å². The highest BCUT2D eigenvalue weighted by atomic mass is 15.2. The summed E-state index contributed by atoms with van der Waals surface area (Å²) in [5.41, 5.74) is 20.2. The van der Waals surface area contributed by atoms with Crippen molar-refractivity contribution in [3.05, 3.63) is 189 Å². The van der Waals surface area contributed by atoms with Gasteiger partial charge in [-0.15, -0.1) is 0 Å². The van der Waals surface area contributed by atoms with E-state index in [1.165, 1.54) is 144 Å². The molecule has 2 heteroatoms. The second-order valence-electron chi connectivity index (χ2n) is 19.5. The van der Waals surface area contributed by atoms with Gasteiger partial charge in [-0.1, -0.05) is 148 Å². The van der Waals surface area contributed by atoms with Gasteiger partial charge in [-0.2, -0.15) is 0 Å². The van der Waals surface area contributed by atoms with E-state index in [1.807, 2.05) is 0 Å². The third kappa shape index (κ3) is 6.52. The molecule has 10 aromatic carbocycles. The van der Waals surface area contributed by atoms with Crippen LogP contribution in [0.1, 0.15) is 95.2 Å². The first-order valence-corrected chi connectivity index (χ1v) is 23.2. The van der Waals surface area contributed by atoms with Gasteiger partial charge in [0.05, 0.1) is 28.4 Å². The van der Waals surface area contributed by atoms with Crippen molar-refractivity contribution in [2.45, 2.75) is 94.9 Å². The highest BCUT2D eigenvalue weighted by Crippen LogP contribution is 2.54. The van der Waals surface area contributed by atoms with Crippen LogP contribution in [0, 0.1) is 55.4 Å². The van der Waals surface area contributed by atoms with E-state index < -0.39 is 0 Å². The van der Waals surface area contributed by atoms with E-state index in [-0.39, 0.29) is 11.8 Å². The molecule has 318 valence electrons. The van der Waals surface area contributed by atoms with Crippen molar-refractivity contribution in [1.82, 2.24) is 0 Å². The molecule has 0 heterocycles. The van der Waals surface area contributed by atoms with Gasteiger partial charge < -0.3 is 9.80 Å². The summed E-state index contributed by atoms with van der Waals surface area (Å²) in [6.07, 6.45) is 0. The van der Waals surface area contributed by atoms with E-state index in [1.54, 1.807) is 0 Å². The molecule has 0 saturated heterocycles. The fourth-order valence-corrected chi connectivity index (χ4v) is 10.9. The van der Waals surface area contributed by atoms with Crippen LogP contribution in [0.5, 0.6) is 0 Å². The molecule has 0 aliphatic rings. The topological polar surface area (TPSA) is 6.48 Å². The molecule has 0 spiro atoms. The van der Waals surface area contributed by atoms with E-state index >= 15 is 0 Å². The van der Waals surface area contributed by atoms with Gasteiger partial charge >= 0.3 is 0 Å². The first-order valence-electron chi connectivity index (χ1n) is 23.2. The minimum Gasteiger partial charge on any atom is -0.309 e. The summed E-state index contributed by atoms with van der Waals surface area (Å²) in [5.74, 6) is 0.577. The van der Waals surface area contributed by atoms with Gasteiger partial charge in [0.15, 0.2) is 0 Å². The van der Waals surface area contributed by atoms with Crippen LogP contribution in [0.3, 0.4) is 0 Å². The van der Waals surface area contributed by atoms with Gasteiger partial charge in [-0.25, -0.2) is 0 Å². The highest BCUT2D eigenvalue weighted by molar-refractivity contribution is 6.30. The zero-order valence-electron chi connectivity index (χ0n) is 39.8. The fraction of sp³-hybridized carbons (Fsp3) is 0.226. The maximum absolute atomic E-state index is 2.63. The average Bonchev–Trinajstić information content (AvgIpc) is 3.25. The van der Waals surface area contributed by atoms with Crippen LogP contribution in [0.15, 0.2) is 133 Å². The minimum absolute atomic E-state index is 0.288. The molecular formula is C62H60N2. The third-order valence-electron chi connectivity index (χ3n) is 14.0. The maximum atomic E-state index is 2.63. The fourth-order valence-electron chi connectivity index (χ4n) is 10.9. The summed E-state index contributed by atoms with van der Waals surface area (Å²) in [4.78, 5) is 5.24. The predicted molar refractivity (Wildman–Crippen MR) is 281 cm³/mol. The normalized spacial score (nSPS) is 12.0. The maximum Gasteiger partial charge on any atom is 0.0569 e. The third-order valence-corrected chi connectivity index (χ3v) is 14.0. The van der Waals surface area contributed by atoms with Crippen LogP contribution in [0.2, 0.25) is 0 Å². The summed E-state index contributed by atoms with van der Waals surface area (Å²) in [5, 5.41) is 12.9. The Morgan fingerprint density at radius 3 is 1.20 bits per heavy atom. The summed E-state index contributed by atoms with van der Waals surface area (Å²) in [6, 6.07) is 51.6. The van der Waals surface area contributed by atoms with Gasteiger partial charge in [-0.3, -0.25) is 0 Å². The van der Waals surface area contributed by atoms with Crippen molar-refractivity contribution in [2.75, 3.05) is 9.80 Å². The number of aryl methyl sites for hydroxylation is 8. The average molecular weight is 833 g/mol. The molecule has 10 aromatic rings.